The molecule has 1 saturated heterocycles. The second kappa shape index (κ2) is 9.58. The van der Waals surface area contributed by atoms with Crippen LogP contribution in [-0.2, 0) is 4.79 Å². The van der Waals surface area contributed by atoms with Gasteiger partial charge in [-0.25, -0.2) is 0 Å². The van der Waals surface area contributed by atoms with Gasteiger partial charge >= 0.3 is 0 Å². The van der Waals surface area contributed by atoms with Gasteiger partial charge in [0.1, 0.15) is 11.0 Å². The molecule has 4 rings (SSSR count). The fraction of sp³-hybridized carbons (Fsp3) is 0.318. The average Bonchev–Trinajstić information content (AvgIpc) is 3.27. The first-order valence-electron chi connectivity index (χ1n) is 10.4. The van der Waals surface area contributed by atoms with E-state index in [2.05, 4.69) is 24.3 Å². The fourth-order valence-corrected chi connectivity index (χ4v) is 4.29. The first kappa shape index (κ1) is 22.1. The van der Waals surface area contributed by atoms with E-state index in [1.165, 1.54) is 0 Å². The SMILES string of the molecule is CC(C)C(=O)N1CCN(c2ccc(NC(=S)NC(=O)c3ccc4nsnc4c3)cc2)CC1. The lowest BCUT2D eigenvalue weighted by atomic mass is 10.1. The summed E-state index contributed by atoms with van der Waals surface area (Å²) in [6.07, 6.45) is 0. The van der Waals surface area contributed by atoms with Crippen molar-refractivity contribution in [2.45, 2.75) is 13.8 Å². The number of carbonyl (C=O) groups is 2. The van der Waals surface area contributed by atoms with E-state index in [0.717, 1.165) is 54.8 Å². The second-order valence-electron chi connectivity index (χ2n) is 7.89. The van der Waals surface area contributed by atoms with Gasteiger partial charge in [-0.1, -0.05) is 13.8 Å². The molecular weight excluding hydrogens is 444 g/mol. The van der Waals surface area contributed by atoms with E-state index in [-0.39, 0.29) is 22.8 Å². The lowest BCUT2D eigenvalue weighted by Gasteiger charge is -2.37. The van der Waals surface area contributed by atoms with Crippen LogP contribution in [0.2, 0.25) is 0 Å². The number of fused-ring (bicyclic) bond motifs is 1. The predicted octanol–water partition coefficient (Wildman–Crippen LogP) is 3.12. The summed E-state index contributed by atoms with van der Waals surface area (Å²) in [4.78, 5) is 28.8. The molecule has 3 aromatic rings. The highest BCUT2D eigenvalue weighted by molar-refractivity contribution is 7.80. The van der Waals surface area contributed by atoms with Crippen molar-refractivity contribution in [3.05, 3.63) is 48.0 Å². The molecule has 1 aromatic heterocycles. The molecule has 1 aliphatic rings. The zero-order valence-electron chi connectivity index (χ0n) is 17.9. The number of rotatable bonds is 4. The molecule has 0 saturated carbocycles. The van der Waals surface area contributed by atoms with Crippen molar-refractivity contribution in [1.82, 2.24) is 19.0 Å². The largest absolute Gasteiger partial charge is 0.368 e. The van der Waals surface area contributed by atoms with Gasteiger partial charge in [-0.2, -0.15) is 8.75 Å². The van der Waals surface area contributed by atoms with E-state index >= 15 is 0 Å². The van der Waals surface area contributed by atoms with Crippen LogP contribution < -0.4 is 15.5 Å². The third-order valence-electron chi connectivity index (χ3n) is 5.32. The van der Waals surface area contributed by atoms with Gasteiger partial charge in [-0.15, -0.1) is 0 Å². The summed E-state index contributed by atoms with van der Waals surface area (Å²) in [5, 5.41) is 5.96. The van der Waals surface area contributed by atoms with E-state index in [1.54, 1.807) is 18.2 Å². The molecule has 32 heavy (non-hydrogen) atoms. The molecule has 0 bridgehead atoms. The van der Waals surface area contributed by atoms with Crippen molar-refractivity contribution in [2.24, 2.45) is 5.92 Å². The molecule has 0 radical (unpaired) electrons. The fourth-order valence-electron chi connectivity index (χ4n) is 3.57. The minimum Gasteiger partial charge on any atom is -0.368 e. The first-order chi connectivity index (χ1) is 15.4. The highest BCUT2D eigenvalue weighted by Gasteiger charge is 2.22. The first-order valence-corrected chi connectivity index (χ1v) is 11.5. The maximum atomic E-state index is 12.5. The van der Waals surface area contributed by atoms with Gasteiger partial charge in [0.15, 0.2) is 5.11 Å². The Morgan fingerprint density at radius 3 is 2.38 bits per heavy atom. The molecule has 0 aliphatic carbocycles. The highest BCUT2D eigenvalue weighted by Crippen LogP contribution is 2.20. The monoisotopic (exact) mass is 468 g/mol. The molecule has 1 aliphatic heterocycles. The highest BCUT2D eigenvalue weighted by atomic mass is 32.1. The van der Waals surface area contributed by atoms with Gasteiger partial charge in [-0.3, -0.25) is 14.9 Å². The Morgan fingerprint density at radius 2 is 1.69 bits per heavy atom. The topological polar surface area (TPSA) is 90.5 Å². The maximum Gasteiger partial charge on any atom is 0.257 e. The van der Waals surface area contributed by atoms with Gasteiger partial charge in [0.05, 0.1) is 11.7 Å². The number of benzene rings is 2. The number of hydrogen-bond donors (Lipinski definition) is 2. The standard InChI is InChI=1S/C22H24N6O2S2/c1-14(2)21(30)28-11-9-27(10-12-28)17-6-4-16(5-7-17)23-22(31)24-20(29)15-3-8-18-19(13-15)26-32-25-18/h3-8,13-14H,9-12H2,1-2H3,(H2,23,24,29,31). The molecule has 2 aromatic carbocycles. The Balaban J connectivity index is 1.30. The molecule has 0 atom stereocenters. The van der Waals surface area contributed by atoms with Crippen LogP contribution in [0.25, 0.3) is 11.0 Å². The number of carbonyl (C=O) groups excluding carboxylic acids is 2. The summed E-state index contributed by atoms with van der Waals surface area (Å²) in [7, 11) is 0. The molecule has 0 spiro atoms. The van der Waals surface area contributed by atoms with Crippen LogP contribution in [0.15, 0.2) is 42.5 Å². The minimum atomic E-state index is -0.303. The number of anilines is 2. The van der Waals surface area contributed by atoms with Crippen molar-refractivity contribution in [1.29, 1.82) is 0 Å². The Morgan fingerprint density at radius 1 is 1.00 bits per heavy atom. The minimum absolute atomic E-state index is 0.0310. The second-order valence-corrected chi connectivity index (χ2v) is 8.83. The third kappa shape index (κ3) is 5.03. The van der Waals surface area contributed by atoms with Gasteiger partial charge in [0.2, 0.25) is 5.91 Å². The zero-order chi connectivity index (χ0) is 22.7. The van der Waals surface area contributed by atoms with Gasteiger partial charge < -0.3 is 15.1 Å². The molecule has 2 amide bonds. The van der Waals surface area contributed by atoms with E-state index in [1.807, 2.05) is 43.0 Å². The van der Waals surface area contributed by atoms with Crippen LogP contribution in [0.3, 0.4) is 0 Å². The quantitative estimate of drug-likeness (QED) is 0.569. The van der Waals surface area contributed by atoms with E-state index in [4.69, 9.17) is 12.2 Å². The number of piperazine rings is 1. The van der Waals surface area contributed by atoms with Crippen LogP contribution in [0.4, 0.5) is 11.4 Å². The van der Waals surface area contributed by atoms with Crippen LogP contribution in [0.1, 0.15) is 24.2 Å². The van der Waals surface area contributed by atoms with Crippen LogP contribution >= 0.6 is 23.9 Å². The summed E-state index contributed by atoms with van der Waals surface area (Å²) in [5.41, 5.74) is 3.80. The summed E-state index contributed by atoms with van der Waals surface area (Å²) in [6, 6.07) is 13.0. The molecule has 8 nitrogen and oxygen atoms in total. The number of hydrogen-bond acceptors (Lipinski definition) is 7. The molecular formula is C22H24N6O2S2. The van der Waals surface area contributed by atoms with Crippen LogP contribution in [0, 0.1) is 5.92 Å². The molecule has 2 N–H and O–H groups in total. The zero-order valence-corrected chi connectivity index (χ0v) is 19.5. The third-order valence-corrected chi connectivity index (χ3v) is 6.08. The van der Waals surface area contributed by atoms with Crippen LogP contribution in [-0.4, -0.2) is 56.8 Å². The molecule has 166 valence electrons. The van der Waals surface area contributed by atoms with Gasteiger partial charge in [-0.05, 0) is 54.7 Å². The van der Waals surface area contributed by atoms with Gasteiger partial charge in [0.25, 0.3) is 5.91 Å². The van der Waals surface area contributed by atoms with E-state index in [0.29, 0.717) is 11.1 Å². The number of thiocarbonyl (C=S) groups is 1. The summed E-state index contributed by atoms with van der Waals surface area (Å²) in [5.74, 6) is -0.0609. The summed E-state index contributed by atoms with van der Waals surface area (Å²) in [6.45, 7) is 6.94. The maximum absolute atomic E-state index is 12.5. The lowest BCUT2D eigenvalue weighted by molar-refractivity contribution is -0.134. The molecule has 10 heteroatoms. The normalized spacial score (nSPS) is 14.0. The van der Waals surface area contributed by atoms with Crippen molar-refractivity contribution in [3.8, 4) is 0 Å². The lowest BCUT2D eigenvalue weighted by Crippen LogP contribution is -2.49. The van der Waals surface area contributed by atoms with Crippen LogP contribution in [0.5, 0.6) is 0 Å². The predicted molar refractivity (Wildman–Crippen MR) is 131 cm³/mol. The van der Waals surface area contributed by atoms with Crippen molar-refractivity contribution in [3.63, 3.8) is 0 Å². The number of aromatic nitrogens is 2. The summed E-state index contributed by atoms with van der Waals surface area (Å²) < 4.78 is 8.29. The van der Waals surface area contributed by atoms with Crippen molar-refractivity contribution >= 4 is 63.3 Å². The van der Waals surface area contributed by atoms with Gasteiger partial charge in [0, 0.05) is 49.0 Å². The van der Waals surface area contributed by atoms with E-state index < -0.39 is 0 Å². The van der Waals surface area contributed by atoms with E-state index in [9.17, 15) is 9.59 Å². The summed E-state index contributed by atoms with van der Waals surface area (Å²) >= 11 is 6.40. The molecule has 1 fully saturated rings. The Labute approximate surface area is 195 Å². The molecule has 0 unspecified atom stereocenters. The Bertz CT molecular complexity index is 1140. The number of amides is 2. The van der Waals surface area contributed by atoms with Crippen molar-refractivity contribution in [2.75, 3.05) is 36.4 Å². The number of nitrogens with zero attached hydrogens (tertiary/aromatic N) is 4. The smallest absolute Gasteiger partial charge is 0.257 e. The van der Waals surface area contributed by atoms with Crippen molar-refractivity contribution < 1.29 is 9.59 Å². The Kier molecular flexibility index (Phi) is 6.61. The number of nitrogens with one attached hydrogen (secondary N) is 2. The average molecular weight is 469 g/mol. The molecule has 2 heterocycles. The Hall–Kier alpha value is -3.11.